The summed E-state index contributed by atoms with van der Waals surface area (Å²) in [4.78, 5) is 11.5. The lowest BCUT2D eigenvalue weighted by Crippen LogP contribution is -2.01. The molecular weight excluding hydrogens is 284 g/mol. The normalized spacial score (nSPS) is 13.1. The van der Waals surface area contributed by atoms with E-state index in [1.807, 2.05) is 24.3 Å². The van der Waals surface area contributed by atoms with E-state index in [0.717, 1.165) is 19.3 Å². The van der Waals surface area contributed by atoms with E-state index in [1.165, 1.54) is 35.8 Å². The minimum atomic E-state index is -0.284. The largest absolute Gasteiger partial charge is 0.465 e. The van der Waals surface area contributed by atoms with Crippen LogP contribution in [0.3, 0.4) is 0 Å². The van der Waals surface area contributed by atoms with Crippen LogP contribution in [-0.4, -0.2) is 13.1 Å². The zero-order valence-electron chi connectivity index (χ0n) is 13.8. The monoisotopic (exact) mass is 306 g/mol. The maximum Gasteiger partial charge on any atom is 0.337 e. The van der Waals surface area contributed by atoms with Crippen LogP contribution in [-0.2, 0) is 17.6 Å². The number of carbonyl (C=O) groups is 1. The predicted octanol–water partition coefficient (Wildman–Crippen LogP) is 4.83. The zero-order chi connectivity index (χ0) is 16.2. The molecule has 0 atom stereocenters. The van der Waals surface area contributed by atoms with Crippen molar-refractivity contribution >= 4 is 11.5 Å². The van der Waals surface area contributed by atoms with E-state index < -0.39 is 0 Å². The van der Waals surface area contributed by atoms with Crippen LogP contribution in [0, 0.1) is 0 Å². The van der Waals surface area contributed by atoms with Gasteiger partial charge in [-0.3, -0.25) is 0 Å². The molecule has 0 spiro atoms. The van der Waals surface area contributed by atoms with Crippen molar-refractivity contribution in [2.24, 2.45) is 0 Å². The third kappa shape index (κ3) is 3.21. The second kappa shape index (κ2) is 6.82. The number of hydrogen-bond donors (Lipinski definition) is 0. The van der Waals surface area contributed by atoms with Crippen LogP contribution in [0.1, 0.15) is 46.8 Å². The van der Waals surface area contributed by atoms with Gasteiger partial charge in [0.1, 0.15) is 0 Å². The summed E-state index contributed by atoms with van der Waals surface area (Å²) in [7, 11) is 1.41. The van der Waals surface area contributed by atoms with Crippen molar-refractivity contribution < 1.29 is 9.53 Å². The van der Waals surface area contributed by atoms with E-state index in [-0.39, 0.29) is 5.97 Å². The molecule has 2 aromatic carbocycles. The van der Waals surface area contributed by atoms with Crippen molar-refractivity contribution in [3.05, 3.63) is 76.4 Å². The second-order valence-electron chi connectivity index (χ2n) is 6.03. The predicted molar refractivity (Wildman–Crippen MR) is 93.5 cm³/mol. The molecule has 0 aromatic heterocycles. The molecule has 0 unspecified atom stereocenters. The van der Waals surface area contributed by atoms with E-state index >= 15 is 0 Å². The van der Waals surface area contributed by atoms with Gasteiger partial charge >= 0.3 is 5.97 Å². The smallest absolute Gasteiger partial charge is 0.337 e. The molecule has 3 rings (SSSR count). The molecule has 0 amide bonds. The van der Waals surface area contributed by atoms with Gasteiger partial charge in [0, 0.05) is 0 Å². The molecule has 0 N–H and O–H groups in total. The van der Waals surface area contributed by atoms with Crippen LogP contribution in [0.25, 0.3) is 5.57 Å². The van der Waals surface area contributed by atoms with Crippen molar-refractivity contribution in [2.45, 2.75) is 32.6 Å². The summed E-state index contributed by atoms with van der Waals surface area (Å²) >= 11 is 0. The molecule has 2 heteroatoms. The van der Waals surface area contributed by atoms with E-state index in [9.17, 15) is 4.79 Å². The minimum Gasteiger partial charge on any atom is -0.465 e. The summed E-state index contributed by atoms with van der Waals surface area (Å²) in [6.07, 6.45) is 4.34. The maximum absolute atomic E-state index is 11.5. The van der Waals surface area contributed by atoms with Gasteiger partial charge in [0.15, 0.2) is 0 Å². The van der Waals surface area contributed by atoms with Gasteiger partial charge in [0.05, 0.1) is 12.7 Å². The molecule has 1 aliphatic rings. The number of methoxy groups -OCH3 is 1. The van der Waals surface area contributed by atoms with E-state index in [0.29, 0.717) is 5.56 Å². The Morgan fingerprint density at radius 2 is 1.83 bits per heavy atom. The van der Waals surface area contributed by atoms with Crippen LogP contribution < -0.4 is 0 Å². The molecule has 2 nitrogen and oxygen atoms in total. The minimum absolute atomic E-state index is 0.284. The standard InChI is InChI=1S/C21H22O2/c1-3-6-17-14-18-7-4-5-8-19(18)20(17)13-15-9-11-16(12-10-15)21(22)23-2/h4-5,7-12H,3,6,13-14H2,1-2H3. The Morgan fingerprint density at radius 1 is 1.09 bits per heavy atom. The number of rotatable bonds is 5. The number of esters is 1. The highest BCUT2D eigenvalue weighted by atomic mass is 16.5. The Labute approximate surface area is 137 Å². The highest BCUT2D eigenvalue weighted by Crippen LogP contribution is 2.37. The molecule has 0 saturated heterocycles. The van der Waals surface area contributed by atoms with Crippen LogP contribution >= 0.6 is 0 Å². The van der Waals surface area contributed by atoms with Crippen LogP contribution in [0.15, 0.2) is 54.1 Å². The Hall–Kier alpha value is -2.35. The van der Waals surface area contributed by atoms with E-state index in [4.69, 9.17) is 4.74 Å². The van der Waals surface area contributed by atoms with Gasteiger partial charge in [-0.05, 0) is 53.7 Å². The summed E-state index contributed by atoms with van der Waals surface area (Å²) in [5.74, 6) is -0.284. The van der Waals surface area contributed by atoms with Crippen LogP contribution in [0.2, 0.25) is 0 Å². The third-order valence-corrected chi connectivity index (χ3v) is 4.48. The first-order valence-corrected chi connectivity index (χ1v) is 8.19. The van der Waals surface area contributed by atoms with Gasteiger partial charge in [0.2, 0.25) is 0 Å². The lowest BCUT2D eigenvalue weighted by atomic mass is 9.96. The molecule has 1 aliphatic carbocycles. The summed E-state index contributed by atoms with van der Waals surface area (Å²) in [6, 6.07) is 16.5. The fourth-order valence-corrected chi connectivity index (χ4v) is 3.34. The van der Waals surface area contributed by atoms with Crippen molar-refractivity contribution in [3.8, 4) is 0 Å². The number of benzene rings is 2. The number of hydrogen-bond acceptors (Lipinski definition) is 2. The first-order valence-electron chi connectivity index (χ1n) is 8.19. The molecule has 0 saturated carbocycles. The average molecular weight is 306 g/mol. The topological polar surface area (TPSA) is 26.3 Å². The fraction of sp³-hybridized carbons (Fsp3) is 0.286. The molecular formula is C21H22O2. The maximum atomic E-state index is 11.5. The third-order valence-electron chi connectivity index (χ3n) is 4.48. The summed E-state index contributed by atoms with van der Waals surface area (Å²) < 4.78 is 4.76. The molecule has 0 aliphatic heterocycles. The summed E-state index contributed by atoms with van der Waals surface area (Å²) in [6.45, 7) is 2.23. The highest BCUT2D eigenvalue weighted by molar-refractivity contribution is 5.89. The molecule has 0 heterocycles. The highest BCUT2D eigenvalue weighted by Gasteiger charge is 2.20. The number of fused-ring (bicyclic) bond motifs is 1. The summed E-state index contributed by atoms with van der Waals surface area (Å²) in [5, 5.41) is 0. The van der Waals surface area contributed by atoms with E-state index in [2.05, 4.69) is 31.2 Å². The first-order chi connectivity index (χ1) is 11.2. The van der Waals surface area contributed by atoms with Crippen molar-refractivity contribution in [3.63, 3.8) is 0 Å². The lowest BCUT2D eigenvalue weighted by Gasteiger charge is -2.09. The number of ether oxygens (including phenoxy) is 1. The fourth-order valence-electron chi connectivity index (χ4n) is 3.34. The number of carbonyl (C=O) groups excluding carboxylic acids is 1. The van der Waals surface area contributed by atoms with Crippen LogP contribution in [0.4, 0.5) is 0 Å². The lowest BCUT2D eigenvalue weighted by molar-refractivity contribution is 0.0600. The molecule has 0 bridgehead atoms. The Bertz CT molecular complexity index is 739. The van der Waals surface area contributed by atoms with Gasteiger partial charge in [0.25, 0.3) is 0 Å². The quantitative estimate of drug-likeness (QED) is 0.740. The van der Waals surface area contributed by atoms with Crippen molar-refractivity contribution in [1.29, 1.82) is 0 Å². The SMILES string of the molecule is CCCC1=C(Cc2ccc(C(=O)OC)cc2)c2ccccc2C1. The molecule has 2 aromatic rings. The molecule has 118 valence electrons. The average Bonchev–Trinajstić information content (AvgIpc) is 2.93. The van der Waals surface area contributed by atoms with Crippen LogP contribution in [0.5, 0.6) is 0 Å². The second-order valence-corrected chi connectivity index (χ2v) is 6.03. The van der Waals surface area contributed by atoms with Gasteiger partial charge < -0.3 is 4.74 Å². The molecule has 23 heavy (non-hydrogen) atoms. The van der Waals surface area contributed by atoms with Crippen molar-refractivity contribution in [2.75, 3.05) is 7.11 Å². The van der Waals surface area contributed by atoms with Gasteiger partial charge in [-0.2, -0.15) is 0 Å². The van der Waals surface area contributed by atoms with Crippen molar-refractivity contribution in [1.82, 2.24) is 0 Å². The molecule has 0 radical (unpaired) electrons. The van der Waals surface area contributed by atoms with Gasteiger partial charge in [-0.25, -0.2) is 4.79 Å². The van der Waals surface area contributed by atoms with Gasteiger partial charge in [-0.1, -0.05) is 55.3 Å². The van der Waals surface area contributed by atoms with Gasteiger partial charge in [-0.15, -0.1) is 0 Å². The summed E-state index contributed by atoms with van der Waals surface area (Å²) in [5.41, 5.74) is 7.70. The molecule has 0 fully saturated rings. The first kappa shape index (κ1) is 15.5. The van der Waals surface area contributed by atoms with E-state index in [1.54, 1.807) is 5.57 Å². The zero-order valence-corrected chi connectivity index (χ0v) is 13.8. The Morgan fingerprint density at radius 3 is 2.52 bits per heavy atom. The Balaban J connectivity index is 1.87. The Kier molecular flexibility index (Phi) is 4.61. The number of allylic oxidation sites excluding steroid dienone is 2.